The molecule has 0 spiro atoms. The molecule has 0 aliphatic carbocycles. The van der Waals surface area contributed by atoms with Gasteiger partial charge in [0.2, 0.25) is 0 Å². The average Bonchev–Trinajstić information content (AvgIpc) is 2.10. The molecule has 0 aromatic rings. The van der Waals surface area contributed by atoms with Crippen molar-refractivity contribution >= 4 is 12.0 Å². The second-order valence-electron chi connectivity index (χ2n) is 2.41. The van der Waals surface area contributed by atoms with Crippen molar-refractivity contribution in [2.24, 2.45) is 4.99 Å². The Balaban J connectivity index is 4.08. The van der Waals surface area contributed by atoms with Gasteiger partial charge in [-0.25, -0.2) is 0 Å². The summed E-state index contributed by atoms with van der Waals surface area (Å²) < 4.78 is 0. The van der Waals surface area contributed by atoms with Crippen molar-refractivity contribution in [3.63, 3.8) is 0 Å². The Morgan fingerprint density at radius 1 is 1.50 bits per heavy atom. The van der Waals surface area contributed by atoms with Crippen LogP contribution >= 0.6 is 0 Å². The van der Waals surface area contributed by atoms with Crippen LogP contribution < -0.4 is 0 Å². The average molecular weight is 165 g/mol. The van der Waals surface area contributed by atoms with Crippen LogP contribution in [0.2, 0.25) is 0 Å². The molecule has 66 valence electrons. The lowest BCUT2D eigenvalue weighted by molar-refractivity contribution is -0.115. The minimum absolute atomic E-state index is 0.168. The fourth-order valence-corrected chi connectivity index (χ4v) is 0.662. The maximum absolute atomic E-state index is 11.0. The van der Waals surface area contributed by atoms with Gasteiger partial charge in [-0.15, -0.1) is 0 Å². The van der Waals surface area contributed by atoms with E-state index < -0.39 is 0 Å². The van der Waals surface area contributed by atoms with Gasteiger partial charge in [0.15, 0.2) is 5.78 Å². The van der Waals surface area contributed by atoms with Crippen LogP contribution in [0.15, 0.2) is 28.9 Å². The number of ketones is 1. The lowest BCUT2D eigenvalue weighted by Gasteiger charge is -1.92. The second-order valence-corrected chi connectivity index (χ2v) is 2.41. The highest BCUT2D eigenvalue weighted by atomic mass is 16.1. The normalized spacial score (nSPS) is 13.1. The fourth-order valence-electron chi connectivity index (χ4n) is 0.662. The van der Waals surface area contributed by atoms with Crippen LogP contribution in [0.25, 0.3) is 0 Å². The van der Waals surface area contributed by atoms with Crippen LogP contribution in [0.4, 0.5) is 0 Å². The first kappa shape index (κ1) is 10.8. The monoisotopic (exact) mass is 165 g/mol. The molecule has 0 bridgehead atoms. The van der Waals surface area contributed by atoms with Gasteiger partial charge in [-0.05, 0) is 25.5 Å². The molecule has 2 heteroatoms. The number of hydrogen-bond acceptors (Lipinski definition) is 2. The zero-order chi connectivity index (χ0) is 9.40. The topological polar surface area (TPSA) is 29.4 Å². The van der Waals surface area contributed by atoms with Gasteiger partial charge in [-0.1, -0.05) is 13.0 Å². The van der Waals surface area contributed by atoms with E-state index >= 15 is 0 Å². The maximum atomic E-state index is 11.0. The molecule has 0 heterocycles. The third kappa shape index (κ3) is 4.61. The number of nitrogens with zero attached hydrogens (tertiary/aromatic N) is 1. The van der Waals surface area contributed by atoms with Crippen LogP contribution in [0.1, 0.15) is 27.2 Å². The van der Waals surface area contributed by atoms with E-state index in [4.69, 9.17) is 0 Å². The molecule has 0 aliphatic heterocycles. The lowest BCUT2D eigenvalue weighted by atomic mass is 10.1. The highest BCUT2D eigenvalue weighted by Gasteiger charge is 1.97. The van der Waals surface area contributed by atoms with Crippen molar-refractivity contribution in [3.8, 4) is 0 Å². The summed E-state index contributed by atoms with van der Waals surface area (Å²) in [7, 11) is 0. The Bertz CT molecular complexity index is 224. The summed E-state index contributed by atoms with van der Waals surface area (Å²) in [5.74, 6) is 0.168. The minimum Gasteiger partial charge on any atom is -0.295 e. The number of rotatable bonds is 4. The second kappa shape index (κ2) is 6.53. The van der Waals surface area contributed by atoms with Crippen LogP contribution in [0.3, 0.4) is 0 Å². The molecule has 0 saturated heterocycles. The molecule has 0 atom stereocenters. The zero-order valence-electron chi connectivity index (χ0n) is 7.87. The number of Topliss-reactive ketones (excluding diaryl/α,β-unsaturated/α-hetero) is 1. The van der Waals surface area contributed by atoms with Crippen molar-refractivity contribution in [1.82, 2.24) is 0 Å². The molecule has 0 aromatic carbocycles. The quantitative estimate of drug-likeness (QED) is 0.465. The number of hydrogen-bond donors (Lipinski definition) is 0. The molecule has 0 unspecified atom stereocenters. The van der Waals surface area contributed by atoms with Crippen LogP contribution in [0, 0.1) is 0 Å². The first-order chi connectivity index (χ1) is 5.72. The van der Waals surface area contributed by atoms with E-state index in [2.05, 4.69) is 4.99 Å². The Morgan fingerprint density at radius 3 is 2.67 bits per heavy atom. The minimum atomic E-state index is 0.168. The van der Waals surface area contributed by atoms with E-state index in [0.717, 1.165) is 5.57 Å². The van der Waals surface area contributed by atoms with E-state index in [1.807, 2.05) is 19.9 Å². The summed E-state index contributed by atoms with van der Waals surface area (Å²) in [6.07, 6.45) is 7.43. The van der Waals surface area contributed by atoms with Gasteiger partial charge >= 0.3 is 0 Å². The summed E-state index contributed by atoms with van der Waals surface area (Å²) in [4.78, 5) is 14.9. The third-order valence-electron chi connectivity index (χ3n) is 1.41. The molecule has 12 heavy (non-hydrogen) atoms. The van der Waals surface area contributed by atoms with E-state index in [-0.39, 0.29) is 5.78 Å². The number of carbonyl (C=O) groups is 1. The number of carbonyl (C=O) groups excluding carboxylic acids is 1. The molecular formula is C10H15NO. The van der Waals surface area contributed by atoms with Gasteiger partial charge < -0.3 is 0 Å². The van der Waals surface area contributed by atoms with Crippen molar-refractivity contribution in [1.29, 1.82) is 0 Å². The van der Waals surface area contributed by atoms with Gasteiger partial charge in [-0.2, -0.15) is 0 Å². The smallest absolute Gasteiger partial charge is 0.158 e. The van der Waals surface area contributed by atoms with E-state index in [1.54, 1.807) is 25.4 Å². The van der Waals surface area contributed by atoms with Crippen LogP contribution in [-0.4, -0.2) is 12.0 Å². The van der Waals surface area contributed by atoms with Crippen molar-refractivity contribution in [3.05, 3.63) is 23.9 Å². The van der Waals surface area contributed by atoms with E-state index in [1.165, 1.54) is 0 Å². The van der Waals surface area contributed by atoms with Crippen molar-refractivity contribution < 1.29 is 4.79 Å². The van der Waals surface area contributed by atoms with Crippen molar-refractivity contribution in [2.45, 2.75) is 27.2 Å². The number of allylic oxidation sites excluding steroid dienone is 3. The highest BCUT2D eigenvalue weighted by Crippen LogP contribution is 1.96. The fraction of sp³-hybridized carbons (Fsp3) is 0.400. The zero-order valence-corrected chi connectivity index (χ0v) is 7.87. The molecule has 0 rings (SSSR count). The van der Waals surface area contributed by atoms with Gasteiger partial charge in [0, 0.05) is 18.8 Å². The SMILES string of the molecule is C\C=C/N=C\C=C(/C)C(=O)CC. The summed E-state index contributed by atoms with van der Waals surface area (Å²) in [5.41, 5.74) is 0.755. The first-order valence-electron chi connectivity index (χ1n) is 4.06. The van der Waals surface area contributed by atoms with Gasteiger partial charge in [0.25, 0.3) is 0 Å². The lowest BCUT2D eigenvalue weighted by Crippen LogP contribution is -1.96. The molecule has 2 nitrogen and oxygen atoms in total. The maximum Gasteiger partial charge on any atom is 0.158 e. The summed E-state index contributed by atoms with van der Waals surface area (Å²) in [5, 5.41) is 0. The highest BCUT2D eigenvalue weighted by molar-refractivity contribution is 5.98. The van der Waals surface area contributed by atoms with E-state index in [0.29, 0.717) is 6.42 Å². The molecule has 0 N–H and O–H groups in total. The van der Waals surface area contributed by atoms with Crippen LogP contribution in [-0.2, 0) is 4.79 Å². The molecule has 0 saturated carbocycles. The molecule has 0 amide bonds. The van der Waals surface area contributed by atoms with E-state index in [9.17, 15) is 4.79 Å². The number of aliphatic imine (C=N–C) groups is 1. The van der Waals surface area contributed by atoms with Crippen molar-refractivity contribution in [2.75, 3.05) is 0 Å². The molecule has 0 aromatic heterocycles. The standard InChI is InChI=1S/C10H15NO/c1-4-7-11-8-6-9(3)10(12)5-2/h4,6-8H,5H2,1-3H3/b7-4-,9-6+,11-8-. The summed E-state index contributed by atoms with van der Waals surface area (Å²) in [6, 6.07) is 0. The molecular weight excluding hydrogens is 150 g/mol. The predicted molar refractivity (Wildman–Crippen MR) is 52.4 cm³/mol. The molecule has 0 radical (unpaired) electrons. The third-order valence-corrected chi connectivity index (χ3v) is 1.41. The molecule has 0 fully saturated rings. The largest absolute Gasteiger partial charge is 0.295 e. The Morgan fingerprint density at radius 2 is 2.17 bits per heavy atom. The Hall–Kier alpha value is -1.18. The predicted octanol–water partition coefficient (Wildman–Crippen LogP) is 2.52. The molecule has 0 aliphatic rings. The summed E-state index contributed by atoms with van der Waals surface area (Å²) in [6.45, 7) is 5.54. The Labute approximate surface area is 73.7 Å². The van der Waals surface area contributed by atoms with Crippen LogP contribution in [0.5, 0.6) is 0 Å². The Kier molecular flexibility index (Phi) is 5.88. The first-order valence-corrected chi connectivity index (χ1v) is 4.06. The van der Waals surface area contributed by atoms with Gasteiger partial charge in [0.1, 0.15) is 0 Å². The van der Waals surface area contributed by atoms with Gasteiger partial charge in [0.05, 0.1) is 0 Å². The van der Waals surface area contributed by atoms with Gasteiger partial charge in [-0.3, -0.25) is 9.79 Å². The summed E-state index contributed by atoms with van der Waals surface area (Å²) >= 11 is 0.